The molecule has 1 aliphatic rings. The molecular weight excluding hydrogens is 421 g/mol. The van der Waals surface area contributed by atoms with Gasteiger partial charge < -0.3 is 15.4 Å². The van der Waals surface area contributed by atoms with Gasteiger partial charge >= 0.3 is 6.18 Å². The minimum Gasteiger partial charge on any atom is -0.497 e. The lowest BCUT2D eigenvalue weighted by atomic mass is 9.97. The molecule has 2 heterocycles. The van der Waals surface area contributed by atoms with Gasteiger partial charge in [-0.05, 0) is 48.7 Å². The van der Waals surface area contributed by atoms with Crippen molar-refractivity contribution in [3.8, 4) is 5.75 Å². The number of benzene rings is 2. The first-order chi connectivity index (χ1) is 15.2. The van der Waals surface area contributed by atoms with Crippen molar-refractivity contribution in [2.45, 2.75) is 38.5 Å². The number of aryl methyl sites for hydroxylation is 1. The molecule has 1 amide bonds. The predicted molar refractivity (Wildman–Crippen MR) is 115 cm³/mol. The maximum atomic E-state index is 13.9. The highest BCUT2D eigenvalue weighted by molar-refractivity contribution is 6.03. The first kappa shape index (κ1) is 21.7. The molecule has 0 bridgehead atoms. The number of fused-ring (bicyclic) bond motifs is 1. The summed E-state index contributed by atoms with van der Waals surface area (Å²) in [6.45, 7) is 3.78. The molecule has 168 valence electrons. The van der Waals surface area contributed by atoms with E-state index < -0.39 is 24.2 Å². The van der Waals surface area contributed by atoms with Crippen molar-refractivity contribution in [3.63, 3.8) is 0 Å². The summed E-state index contributed by atoms with van der Waals surface area (Å²) < 4.78 is 47.6. The summed E-state index contributed by atoms with van der Waals surface area (Å²) in [5.74, 6) is 0.196. The lowest BCUT2D eigenvalue weighted by molar-refractivity contribution is -0.173. The van der Waals surface area contributed by atoms with Crippen LogP contribution in [-0.2, 0) is 0 Å². The Bertz CT molecular complexity index is 1140. The number of amides is 1. The largest absolute Gasteiger partial charge is 0.497 e. The summed E-state index contributed by atoms with van der Waals surface area (Å²) in [7, 11) is 1.52. The number of carbonyl (C=O) groups excluding carboxylic acids is 1. The van der Waals surface area contributed by atoms with Crippen LogP contribution in [0.2, 0.25) is 0 Å². The van der Waals surface area contributed by atoms with Gasteiger partial charge in [0, 0.05) is 18.2 Å². The van der Waals surface area contributed by atoms with Crippen LogP contribution < -0.4 is 15.4 Å². The van der Waals surface area contributed by atoms with Gasteiger partial charge in [0.25, 0.3) is 5.91 Å². The molecule has 6 nitrogen and oxygen atoms in total. The molecule has 0 saturated heterocycles. The van der Waals surface area contributed by atoms with Crippen molar-refractivity contribution >= 4 is 17.4 Å². The molecule has 2 aromatic carbocycles. The Hall–Kier alpha value is -3.49. The van der Waals surface area contributed by atoms with Gasteiger partial charge in [-0.1, -0.05) is 24.3 Å². The first-order valence-electron chi connectivity index (χ1n) is 10.1. The molecule has 0 aliphatic carbocycles. The smallest absolute Gasteiger partial charge is 0.410 e. The minimum atomic E-state index is -4.52. The molecule has 9 heteroatoms. The number of anilines is 2. The van der Waals surface area contributed by atoms with Gasteiger partial charge in [0.2, 0.25) is 0 Å². The maximum Gasteiger partial charge on any atom is 0.410 e. The number of carbonyl (C=O) groups is 1. The van der Waals surface area contributed by atoms with Gasteiger partial charge in [-0.2, -0.15) is 18.3 Å². The Balaban J connectivity index is 1.64. The van der Waals surface area contributed by atoms with Crippen molar-refractivity contribution in [2.24, 2.45) is 0 Å². The Morgan fingerprint density at radius 3 is 2.56 bits per heavy atom. The molecule has 2 N–H and O–H groups in total. The predicted octanol–water partition coefficient (Wildman–Crippen LogP) is 5.42. The van der Waals surface area contributed by atoms with Crippen LogP contribution in [0, 0.1) is 13.8 Å². The standard InChI is InChI=1S/C23H23F3N4O2/c1-13-5-4-6-17(14(13)2)28-22(31)19-12-21-27-18(15-7-9-16(32-3)10-8-15)11-20(23(24,25)26)30(21)29-19/h4-10,12,18,20,27H,11H2,1-3H3,(H,28,31)/t18-,20-/m0/s1. The molecular formula is C23H23F3N4O2. The number of aromatic nitrogens is 2. The SMILES string of the molecule is COc1ccc([C@@H]2C[C@@H](C(F)(F)F)n3nc(C(=O)Nc4cccc(C)c4C)cc3N2)cc1. The van der Waals surface area contributed by atoms with Gasteiger partial charge in [-0.25, -0.2) is 4.68 Å². The summed E-state index contributed by atoms with van der Waals surface area (Å²) in [5, 5.41) is 9.84. The molecule has 0 saturated carbocycles. The zero-order chi connectivity index (χ0) is 23.0. The molecule has 2 atom stereocenters. The van der Waals surface area contributed by atoms with Crippen LogP contribution in [0.15, 0.2) is 48.5 Å². The highest BCUT2D eigenvalue weighted by Gasteiger charge is 2.46. The molecule has 0 spiro atoms. The average molecular weight is 444 g/mol. The summed E-state index contributed by atoms with van der Waals surface area (Å²) in [4.78, 5) is 12.8. The zero-order valence-corrected chi connectivity index (χ0v) is 17.8. The van der Waals surface area contributed by atoms with Gasteiger partial charge in [0.15, 0.2) is 11.7 Å². The number of nitrogens with one attached hydrogen (secondary N) is 2. The van der Waals surface area contributed by atoms with Gasteiger partial charge in [-0.15, -0.1) is 0 Å². The monoisotopic (exact) mass is 444 g/mol. The molecule has 4 rings (SSSR count). The number of nitrogens with zero attached hydrogens (tertiary/aromatic N) is 2. The first-order valence-corrected chi connectivity index (χ1v) is 10.1. The van der Waals surface area contributed by atoms with Crippen molar-refractivity contribution < 1.29 is 22.7 Å². The quantitative estimate of drug-likeness (QED) is 0.564. The Morgan fingerprint density at radius 2 is 1.91 bits per heavy atom. The fourth-order valence-corrected chi connectivity index (χ4v) is 3.81. The summed E-state index contributed by atoms with van der Waals surface area (Å²) >= 11 is 0. The Labute approximate surface area is 183 Å². The molecule has 0 fully saturated rings. The van der Waals surface area contributed by atoms with Crippen LogP contribution >= 0.6 is 0 Å². The molecule has 1 aliphatic heterocycles. The fraction of sp³-hybridized carbons (Fsp3) is 0.304. The zero-order valence-electron chi connectivity index (χ0n) is 17.8. The van der Waals surface area contributed by atoms with E-state index in [0.717, 1.165) is 15.8 Å². The molecule has 3 aromatic rings. The second kappa shape index (κ2) is 8.22. The Morgan fingerprint density at radius 1 is 1.19 bits per heavy atom. The normalized spacial score (nSPS) is 17.9. The maximum absolute atomic E-state index is 13.9. The molecule has 32 heavy (non-hydrogen) atoms. The van der Waals surface area contributed by atoms with Crippen molar-refractivity contribution in [1.29, 1.82) is 0 Å². The number of ether oxygens (including phenoxy) is 1. The van der Waals surface area contributed by atoms with E-state index >= 15 is 0 Å². The fourth-order valence-electron chi connectivity index (χ4n) is 3.81. The average Bonchev–Trinajstić information content (AvgIpc) is 3.20. The minimum absolute atomic E-state index is 0.0852. The topological polar surface area (TPSA) is 68.2 Å². The third-order valence-electron chi connectivity index (χ3n) is 5.79. The summed E-state index contributed by atoms with van der Waals surface area (Å²) in [5.41, 5.74) is 3.08. The third-order valence-corrected chi connectivity index (χ3v) is 5.79. The number of methoxy groups -OCH3 is 1. The van der Waals surface area contributed by atoms with Crippen molar-refractivity contribution in [1.82, 2.24) is 9.78 Å². The van der Waals surface area contributed by atoms with Gasteiger partial charge in [0.1, 0.15) is 11.6 Å². The highest BCUT2D eigenvalue weighted by Crippen LogP contribution is 2.43. The van der Waals surface area contributed by atoms with Crippen LogP contribution in [0.3, 0.4) is 0 Å². The lowest BCUT2D eigenvalue weighted by Gasteiger charge is -2.33. The van der Waals surface area contributed by atoms with E-state index in [1.807, 2.05) is 19.9 Å². The van der Waals surface area contributed by atoms with E-state index in [-0.39, 0.29) is 17.9 Å². The number of halogens is 3. The number of alkyl halides is 3. The van der Waals surface area contributed by atoms with Crippen LogP contribution in [0.1, 0.15) is 45.7 Å². The van der Waals surface area contributed by atoms with Crippen molar-refractivity contribution in [2.75, 3.05) is 17.7 Å². The molecule has 0 radical (unpaired) electrons. The molecule has 0 unspecified atom stereocenters. The van der Waals surface area contributed by atoms with Crippen LogP contribution in [0.5, 0.6) is 5.75 Å². The number of rotatable bonds is 4. The van der Waals surface area contributed by atoms with E-state index in [9.17, 15) is 18.0 Å². The van der Waals surface area contributed by atoms with Gasteiger partial charge in [0.05, 0.1) is 13.2 Å². The van der Waals surface area contributed by atoms with E-state index in [2.05, 4.69) is 15.7 Å². The van der Waals surface area contributed by atoms with Crippen LogP contribution in [0.25, 0.3) is 0 Å². The highest BCUT2D eigenvalue weighted by atomic mass is 19.4. The number of hydrogen-bond acceptors (Lipinski definition) is 4. The summed E-state index contributed by atoms with van der Waals surface area (Å²) in [6.07, 6.45) is -4.77. The second-order valence-corrected chi connectivity index (χ2v) is 7.82. The Kier molecular flexibility index (Phi) is 5.58. The molecule has 1 aromatic heterocycles. The van der Waals surface area contributed by atoms with E-state index in [1.54, 1.807) is 36.4 Å². The van der Waals surface area contributed by atoms with E-state index in [1.165, 1.54) is 13.2 Å². The van der Waals surface area contributed by atoms with Crippen molar-refractivity contribution in [3.05, 3.63) is 70.9 Å². The lowest BCUT2D eigenvalue weighted by Crippen LogP contribution is -2.35. The number of hydrogen-bond donors (Lipinski definition) is 2. The van der Waals surface area contributed by atoms with Crippen LogP contribution in [0.4, 0.5) is 24.7 Å². The van der Waals surface area contributed by atoms with Gasteiger partial charge in [-0.3, -0.25) is 4.79 Å². The third kappa shape index (κ3) is 4.15. The van der Waals surface area contributed by atoms with E-state index in [4.69, 9.17) is 4.74 Å². The second-order valence-electron chi connectivity index (χ2n) is 7.82. The van der Waals surface area contributed by atoms with E-state index in [0.29, 0.717) is 17.0 Å². The summed E-state index contributed by atoms with van der Waals surface area (Å²) in [6, 6.07) is 11.2. The van der Waals surface area contributed by atoms with Crippen LogP contribution in [-0.4, -0.2) is 29.0 Å².